The van der Waals surface area contributed by atoms with E-state index in [9.17, 15) is 3.50 Å². The molecule has 0 aromatic heterocycles. The molecule has 0 saturated carbocycles. The third-order valence-electron chi connectivity index (χ3n) is 3.81. The maximum atomic E-state index is 15.0. The Balaban J connectivity index is 2.22. The van der Waals surface area contributed by atoms with Crippen molar-refractivity contribution in [2.45, 2.75) is 11.5 Å². The van der Waals surface area contributed by atoms with Gasteiger partial charge in [-0.25, -0.2) is 0 Å². The summed E-state index contributed by atoms with van der Waals surface area (Å²) in [6.45, 7) is 0. The molecule has 0 heterocycles. The van der Waals surface area contributed by atoms with E-state index >= 15 is 0 Å². The molecule has 0 N–H and O–H groups in total. The van der Waals surface area contributed by atoms with Crippen molar-refractivity contribution in [2.75, 3.05) is 0 Å². The Hall–Kier alpha value is -1.44. The van der Waals surface area contributed by atoms with E-state index in [1.54, 1.807) is 0 Å². The van der Waals surface area contributed by atoms with Crippen LogP contribution in [0.5, 0.6) is 0 Å². The van der Waals surface area contributed by atoms with Crippen molar-refractivity contribution in [1.29, 1.82) is 0 Å². The van der Waals surface area contributed by atoms with E-state index in [-0.39, 0.29) is 0 Å². The molecule has 0 nitrogen and oxygen atoms in total. The first kappa shape index (κ1) is 16.4. The molecule has 0 saturated heterocycles. The molecule has 0 fully saturated rings. The van der Waals surface area contributed by atoms with Crippen molar-refractivity contribution in [3.63, 3.8) is 0 Å². The second kappa shape index (κ2) is 6.99. The van der Waals surface area contributed by atoms with Gasteiger partial charge in [0, 0.05) is 0 Å². The molecule has 0 aliphatic rings. The summed E-state index contributed by atoms with van der Waals surface area (Å²) in [5.41, 5.74) is 0. The van der Waals surface area contributed by atoms with Crippen LogP contribution in [0.2, 0.25) is 11.5 Å². The Labute approximate surface area is 142 Å². The topological polar surface area (TPSA) is 0 Å². The van der Waals surface area contributed by atoms with Crippen LogP contribution < -0.4 is 20.3 Å². The predicted molar refractivity (Wildman–Crippen MR) is 103 cm³/mol. The molecule has 3 aromatic rings. The number of benzene rings is 3. The van der Waals surface area contributed by atoms with Crippen molar-refractivity contribution >= 4 is 42.0 Å². The van der Waals surface area contributed by atoms with Gasteiger partial charge in [0.15, 0.2) is 0 Å². The minimum atomic E-state index is -3.43. The Bertz CT molecular complexity index is 727. The molecule has 23 heavy (non-hydrogen) atoms. The summed E-state index contributed by atoms with van der Waals surface area (Å²) < 4.78 is 15.9. The quantitative estimate of drug-likeness (QED) is 0.475. The zero-order valence-electron chi connectivity index (χ0n) is 13.4. The maximum absolute atomic E-state index is 15.0. The van der Waals surface area contributed by atoms with Crippen LogP contribution in [0.15, 0.2) is 84.9 Å². The predicted octanol–water partition coefficient (Wildman–Crippen LogP) is 3.83. The van der Waals surface area contributed by atoms with Crippen LogP contribution in [0.25, 0.3) is 0 Å². The second-order valence-electron chi connectivity index (χ2n) is 6.00. The Kier molecular flexibility index (Phi) is 4.99. The Morgan fingerprint density at radius 2 is 1.09 bits per heavy atom. The van der Waals surface area contributed by atoms with Crippen LogP contribution >= 0.6 is 7.92 Å². The molecule has 0 bridgehead atoms. The monoisotopic (exact) mass is 384 g/mol. The molecule has 116 valence electrons. The molecule has 3 heteroatoms. The summed E-state index contributed by atoms with van der Waals surface area (Å²) in [6.07, 6.45) is 0. The summed E-state index contributed by atoms with van der Waals surface area (Å²) in [7, 11) is -0.724. The number of halogens is 1. The fourth-order valence-electron chi connectivity index (χ4n) is 2.75. The number of hydrogen-bond acceptors (Lipinski definition) is 0. The first-order valence-corrected chi connectivity index (χ1v) is 15.1. The van der Waals surface area contributed by atoms with E-state index in [0.717, 1.165) is 4.40 Å². The van der Waals surface area contributed by atoms with Gasteiger partial charge in [0.1, 0.15) is 0 Å². The zero-order chi connectivity index (χ0) is 16.3. The fraction of sp³-hybridized carbons (Fsp3) is 0.100. The Morgan fingerprint density at radius 3 is 1.57 bits per heavy atom. The first-order valence-electron chi connectivity index (χ1n) is 7.76. The summed E-state index contributed by atoms with van der Waals surface area (Å²) in [5.74, 6) is 3.64. The van der Waals surface area contributed by atoms with Gasteiger partial charge in [-0.3, -0.25) is 0 Å². The minimum absolute atomic E-state index is 0.724. The van der Waals surface area contributed by atoms with Gasteiger partial charge in [-0.2, -0.15) is 0 Å². The molecule has 0 unspecified atom stereocenters. The third kappa shape index (κ3) is 3.73. The average molecular weight is 383 g/mol. The van der Waals surface area contributed by atoms with E-state index in [2.05, 4.69) is 54.6 Å². The molecular formula is C20H20FGeP. The third-order valence-corrected chi connectivity index (χ3v) is 10.4. The normalized spacial score (nSPS) is 11.7. The van der Waals surface area contributed by atoms with Gasteiger partial charge in [-0.15, -0.1) is 0 Å². The molecule has 3 aromatic carbocycles. The van der Waals surface area contributed by atoms with E-state index in [1.807, 2.05) is 41.8 Å². The van der Waals surface area contributed by atoms with E-state index in [0.29, 0.717) is 0 Å². The zero-order valence-corrected chi connectivity index (χ0v) is 16.4. The van der Waals surface area contributed by atoms with Gasteiger partial charge >= 0.3 is 142 Å². The summed E-state index contributed by atoms with van der Waals surface area (Å²) in [4.78, 5) is 0. The SMILES string of the molecule is [CH3][Ge]([CH3])([F])[c]1ccccc1P(c1ccccc1)c1ccccc1. The van der Waals surface area contributed by atoms with E-state index < -0.39 is 21.7 Å². The van der Waals surface area contributed by atoms with Crippen LogP contribution in [0.4, 0.5) is 3.50 Å². The average Bonchev–Trinajstić information content (AvgIpc) is 2.57. The van der Waals surface area contributed by atoms with E-state index in [1.165, 1.54) is 15.9 Å². The number of hydrogen-bond donors (Lipinski definition) is 0. The van der Waals surface area contributed by atoms with Crippen molar-refractivity contribution in [1.82, 2.24) is 0 Å². The summed E-state index contributed by atoms with van der Waals surface area (Å²) in [6, 6.07) is 29.1. The van der Waals surface area contributed by atoms with Gasteiger partial charge in [-0.1, -0.05) is 0 Å². The van der Waals surface area contributed by atoms with Crippen LogP contribution in [-0.4, -0.2) is 13.7 Å². The molecule has 0 radical (unpaired) electrons. The van der Waals surface area contributed by atoms with Gasteiger partial charge < -0.3 is 0 Å². The molecule has 0 spiro atoms. The van der Waals surface area contributed by atoms with Crippen LogP contribution in [0.1, 0.15) is 0 Å². The molecule has 0 atom stereocenters. The summed E-state index contributed by atoms with van der Waals surface area (Å²) >= 11 is -3.43. The van der Waals surface area contributed by atoms with Gasteiger partial charge in [0.25, 0.3) is 0 Å². The van der Waals surface area contributed by atoms with Crippen LogP contribution in [0, 0.1) is 0 Å². The first-order chi connectivity index (χ1) is 11.1. The van der Waals surface area contributed by atoms with Crippen molar-refractivity contribution in [3.8, 4) is 0 Å². The summed E-state index contributed by atoms with van der Waals surface area (Å²) in [5, 5.41) is 3.72. The van der Waals surface area contributed by atoms with Crippen LogP contribution in [-0.2, 0) is 0 Å². The van der Waals surface area contributed by atoms with Gasteiger partial charge in [-0.05, 0) is 0 Å². The number of rotatable bonds is 4. The fourth-order valence-corrected chi connectivity index (χ4v) is 9.67. The molecule has 0 aliphatic heterocycles. The van der Waals surface area contributed by atoms with Crippen molar-refractivity contribution < 1.29 is 3.50 Å². The van der Waals surface area contributed by atoms with Crippen molar-refractivity contribution in [3.05, 3.63) is 84.9 Å². The van der Waals surface area contributed by atoms with Gasteiger partial charge in [0.05, 0.1) is 0 Å². The molecule has 0 amide bonds. The second-order valence-corrected chi connectivity index (χ2v) is 15.5. The molecule has 0 aliphatic carbocycles. The molecular weight excluding hydrogens is 363 g/mol. The standard InChI is InChI=1S/C20H20FGeP/c1-22(2,21)19-15-9-10-16-20(19)23(17-11-5-3-6-12-17)18-13-7-4-8-14-18/h3-16H,1-2H3. The van der Waals surface area contributed by atoms with Crippen LogP contribution in [0.3, 0.4) is 0 Å². The van der Waals surface area contributed by atoms with E-state index in [4.69, 9.17) is 0 Å². The van der Waals surface area contributed by atoms with Crippen molar-refractivity contribution in [2.24, 2.45) is 0 Å². The van der Waals surface area contributed by atoms with Gasteiger partial charge in [0.2, 0.25) is 0 Å². The Morgan fingerprint density at radius 1 is 0.652 bits per heavy atom. The molecule has 3 rings (SSSR count).